The summed E-state index contributed by atoms with van der Waals surface area (Å²) in [5, 5.41) is 0. The molecule has 0 heterocycles. The molecule has 0 aliphatic heterocycles. The smallest absolute Gasteiger partial charge is 0.368 e. The van der Waals surface area contributed by atoms with Gasteiger partial charge in [0.1, 0.15) is 5.70 Å². The normalized spacial score (nSPS) is 12.4. The summed E-state index contributed by atoms with van der Waals surface area (Å²) in [5.41, 5.74) is -0.661. The van der Waals surface area contributed by atoms with E-state index in [0.717, 1.165) is 6.08 Å². The maximum Gasteiger partial charge on any atom is 0.431 e. The van der Waals surface area contributed by atoms with Gasteiger partial charge in [0.25, 0.3) is 0 Å². The number of alkyl halides is 3. The van der Waals surface area contributed by atoms with E-state index in [1.165, 1.54) is 4.90 Å². The Bertz CT molecular complexity index is 288. The first-order valence-corrected chi connectivity index (χ1v) is 5.36. The molecule has 0 rings (SSSR count). The lowest BCUT2D eigenvalue weighted by Crippen LogP contribution is -2.31. The van der Waals surface area contributed by atoms with E-state index in [4.69, 9.17) is 0 Å². The summed E-state index contributed by atoms with van der Waals surface area (Å²) in [6, 6.07) is 0. The van der Waals surface area contributed by atoms with Crippen molar-refractivity contribution in [2.75, 3.05) is 13.1 Å². The number of nitrogens with zero attached hydrogens (tertiary/aromatic N) is 1. The summed E-state index contributed by atoms with van der Waals surface area (Å²) in [7, 11) is 0. The van der Waals surface area contributed by atoms with Crippen molar-refractivity contribution in [1.29, 1.82) is 0 Å². The SMILES string of the molecule is CCN(CC)/C(=C/C#CC(C)C)C(F)(F)F. The van der Waals surface area contributed by atoms with Gasteiger partial charge in [0.15, 0.2) is 0 Å². The molecular formula is C12H18F3N. The highest BCUT2D eigenvalue weighted by molar-refractivity contribution is 5.24. The van der Waals surface area contributed by atoms with Crippen molar-refractivity contribution in [2.24, 2.45) is 5.92 Å². The second kappa shape index (κ2) is 6.47. The molecule has 92 valence electrons. The van der Waals surface area contributed by atoms with Gasteiger partial charge in [-0.15, -0.1) is 0 Å². The predicted molar refractivity (Wildman–Crippen MR) is 59.7 cm³/mol. The van der Waals surface area contributed by atoms with Gasteiger partial charge in [0, 0.05) is 25.1 Å². The van der Waals surface area contributed by atoms with Crippen LogP contribution >= 0.6 is 0 Å². The van der Waals surface area contributed by atoms with E-state index < -0.39 is 11.9 Å². The maximum absolute atomic E-state index is 12.7. The molecule has 1 nitrogen and oxygen atoms in total. The molecule has 0 aromatic carbocycles. The molecule has 4 heteroatoms. The molecule has 0 fully saturated rings. The second-order valence-electron chi connectivity index (χ2n) is 3.64. The minimum atomic E-state index is -4.34. The first-order valence-electron chi connectivity index (χ1n) is 5.36. The van der Waals surface area contributed by atoms with Crippen LogP contribution in [0.25, 0.3) is 0 Å². The van der Waals surface area contributed by atoms with E-state index in [1.807, 2.05) is 13.8 Å². The van der Waals surface area contributed by atoms with E-state index in [2.05, 4.69) is 11.8 Å². The lowest BCUT2D eigenvalue weighted by Gasteiger charge is -2.25. The van der Waals surface area contributed by atoms with Gasteiger partial charge in [-0.05, 0) is 13.8 Å². The molecule has 0 atom stereocenters. The van der Waals surface area contributed by atoms with Crippen LogP contribution in [0.15, 0.2) is 11.8 Å². The van der Waals surface area contributed by atoms with Crippen LogP contribution in [-0.2, 0) is 0 Å². The minimum Gasteiger partial charge on any atom is -0.368 e. The number of halogens is 3. The van der Waals surface area contributed by atoms with Crippen molar-refractivity contribution < 1.29 is 13.2 Å². The number of rotatable bonds is 3. The largest absolute Gasteiger partial charge is 0.431 e. The Morgan fingerprint density at radius 1 is 1.25 bits per heavy atom. The highest BCUT2D eigenvalue weighted by Gasteiger charge is 2.36. The fourth-order valence-electron chi connectivity index (χ4n) is 1.19. The van der Waals surface area contributed by atoms with Gasteiger partial charge < -0.3 is 4.90 Å². The maximum atomic E-state index is 12.7. The van der Waals surface area contributed by atoms with Crippen LogP contribution in [0.5, 0.6) is 0 Å². The van der Waals surface area contributed by atoms with Crippen LogP contribution in [-0.4, -0.2) is 24.2 Å². The van der Waals surface area contributed by atoms with Crippen molar-refractivity contribution in [2.45, 2.75) is 33.9 Å². The van der Waals surface area contributed by atoms with Crippen molar-refractivity contribution in [3.63, 3.8) is 0 Å². The van der Waals surface area contributed by atoms with Crippen LogP contribution in [0.4, 0.5) is 13.2 Å². The Morgan fingerprint density at radius 2 is 1.75 bits per heavy atom. The fraction of sp³-hybridized carbons (Fsp3) is 0.667. The molecule has 0 bridgehead atoms. The lowest BCUT2D eigenvalue weighted by atomic mass is 10.2. The van der Waals surface area contributed by atoms with Gasteiger partial charge in [-0.2, -0.15) is 13.2 Å². The number of allylic oxidation sites excluding steroid dienone is 2. The van der Waals surface area contributed by atoms with Gasteiger partial charge in [-0.25, -0.2) is 0 Å². The van der Waals surface area contributed by atoms with Crippen LogP contribution in [0.3, 0.4) is 0 Å². The Morgan fingerprint density at radius 3 is 2.06 bits per heavy atom. The number of hydrogen-bond acceptors (Lipinski definition) is 1. The van der Waals surface area contributed by atoms with Crippen molar-refractivity contribution in [1.82, 2.24) is 4.90 Å². The Hall–Kier alpha value is -1.11. The van der Waals surface area contributed by atoms with Crippen molar-refractivity contribution >= 4 is 0 Å². The first kappa shape index (κ1) is 14.9. The van der Waals surface area contributed by atoms with E-state index >= 15 is 0 Å². The average Bonchev–Trinajstić information content (AvgIpc) is 2.15. The molecule has 0 unspecified atom stereocenters. The molecule has 0 aliphatic carbocycles. The quantitative estimate of drug-likeness (QED) is 0.675. The van der Waals surface area contributed by atoms with E-state index in [1.54, 1.807) is 13.8 Å². The molecule has 0 saturated carbocycles. The van der Waals surface area contributed by atoms with Crippen LogP contribution in [0, 0.1) is 17.8 Å². The third-order valence-corrected chi connectivity index (χ3v) is 1.98. The molecule has 0 aliphatic rings. The van der Waals surface area contributed by atoms with Crippen molar-refractivity contribution in [3.8, 4) is 11.8 Å². The lowest BCUT2D eigenvalue weighted by molar-refractivity contribution is -0.110. The molecule has 0 spiro atoms. The van der Waals surface area contributed by atoms with Crippen LogP contribution in [0.2, 0.25) is 0 Å². The van der Waals surface area contributed by atoms with E-state index in [0.29, 0.717) is 13.1 Å². The molecule has 0 radical (unpaired) electrons. The van der Waals surface area contributed by atoms with Crippen LogP contribution in [0.1, 0.15) is 27.7 Å². The van der Waals surface area contributed by atoms with Gasteiger partial charge >= 0.3 is 6.18 Å². The van der Waals surface area contributed by atoms with Gasteiger partial charge in [-0.3, -0.25) is 0 Å². The second-order valence-corrected chi connectivity index (χ2v) is 3.64. The fourth-order valence-corrected chi connectivity index (χ4v) is 1.19. The van der Waals surface area contributed by atoms with Gasteiger partial charge in [0.05, 0.1) is 0 Å². The van der Waals surface area contributed by atoms with Crippen LogP contribution < -0.4 is 0 Å². The van der Waals surface area contributed by atoms with Gasteiger partial charge in [0.2, 0.25) is 0 Å². The zero-order valence-electron chi connectivity index (χ0n) is 10.2. The first-order chi connectivity index (χ1) is 7.32. The van der Waals surface area contributed by atoms with E-state index in [9.17, 15) is 13.2 Å². The highest BCUT2D eigenvalue weighted by atomic mass is 19.4. The average molecular weight is 233 g/mol. The van der Waals surface area contributed by atoms with Crippen molar-refractivity contribution in [3.05, 3.63) is 11.8 Å². The third kappa shape index (κ3) is 5.11. The monoisotopic (exact) mass is 233 g/mol. The third-order valence-electron chi connectivity index (χ3n) is 1.98. The summed E-state index contributed by atoms with van der Waals surface area (Å²) in [6.45, 7) is 7.71. The zero-order chi connectivity index (χ0) is 12.8. The predicted octanol–water partition coefficient (Wildman–Crippen LogP) is 3.43. The molecule has 16 heavy (non-hydrogen) atoms. The number of hydrogen-bond donors (Lipinski definition) is 0. The van der Waals surface area contributed by atoms with Gasteiger partial charge in [-0.1, -0.05) is 25.7 Å². The molecule has 0 amide bonds. The highest BCUT2D eigenvalue weighted by Crippen LogP contribution is 2.27. The minimum absolute atomic E-state index is 0.0717. The molecule has 0 aromatic heterocycles. The Labute approximate surface area is 95.3 Å². The summed E-state index contributed by atoms with van der Waals surface area (Å²) in [4.78, 5) is 1.26. The summed E-state index contributed by atoms with van der Waals surface area (Å²) >= 11 is 0. The molecule has 0 N–H and O–H groups in total. The summed E-state index contributed by atoms with van der Waals surface area (Å²) in [6.07, 6.45) is -3.37. The summed E-state index contributed by atoms with van der Waals surface area (Å²) < 4.78 is 38.1. The summed E-state index contributed by atoms with van der Waals surface area (Å²) in [5.74, 6) is 5.24. The molecule has 0 saturated heterocycles. The Kier molecular flexibility index (Phi) is 6.02. The van der Waals surface area contributed by atoms with E-state index in [-0.39, 0.29) is 5.92 Å². The molecular weight excluding hydrogens is 215 g/mol. The Balaban J connectivity index is 5.04. The molecule has 0 aromatic rings. The topological polar surface area (TPSA) is 3.24 Å². The zero-order valence-corrected chi connectivity index (χ0v) is 10.2. The standard InChI is InChI=1S/C12H18F3N/c1-5-16(6-2)11(12(13,14)15)9-7-8-10(3)4/h9-10H,5-6H2,1-4H3/b11-9+.